The maximum Gasteiger partial charge on any atom is 0.295 e. The van der Waals surface area contributed by atoms with E-state index in [9.17, 15) is 30.7 Å². The number of carbonyl (C=O) groups is 1. The predicted octanol–water partition coefficient (Wildman–Crippen LogP) is 7.31. The Bertz CT molecular complexity index is 2220. The molecule has 0 aliphatic rings. The smallest absolute Gasteiger partial charge is 0.295 e. The third-order valence-corrected chi connectivity index (χ3v) is 8.22. The Labute approximate surface area is 257 Å². The van der Waals surface area contributed by atoms with E-state index in [-0.39, 0.29) is 22.4 Å². The van der Waals surface area contributed by atoms with Crippen LogP contribution in [0.4, 0.5) is 34.1 Å². The number of rotatable bonds is 8. The average molecular weight is 645 g/mol. The molecule has 0 atom stereocenters. The number of fused-ring (bicyclic) bond motifs is 1. The zero-order valence-electron chi connectivity index (χ0n) is 23.4. The highest BCUT2D eigenvalue weighted by Gasteiger charge is 2.20. The van der Waals surface area contributed by atoms with Crippen LogP contribution in [0.25, 0.3) is 10.8 Å². The van der Waals surface area contributed by atoms with Crippen LogP contribution in [0.5, 0.6) is 0 Å². The molecular weight excluding hydrogens is 620 g/mol. The third kappa shape index (κ3) is 7.60. The molecule has 0 bridgehead atoms. The Kier molecular flexibility index (Phi) is 8.52. The highest BCUT2D eigenvalue weighted by Crippen LogP contribution is 2.32. The van der Waals surface area contributed by atoms with Gasteiger partial charge in [-0.25, -0.2) is 0 Å². The van der Waals surface area contributed by atoms with Crippen molar-refractivity contribution in [3.63, 3.8) is 0 Å². The van der Waals surface area contributed by atoms with Crippen molar-refractivity contribution in [2.24, 2.45) is 20.5 Å². The number of hydrogen-bond donors (Lipinski definition) is 4. The summed E-state index contributed by atoms with van der Waals surface area (Å²) >= 11 is 0. The van der Waals surface area contributed by atoms with Gasteiger partial charge in [-0.2, -0.15) is 37.3 Å². The Hall–Kier alpha value is -5.35. The highest BCUT2D eigenvalue weighted by atomic mass is 32.2. The monoisotopic (exact) mass is 644 g/mol. The molecular formula is C30H24N6O7S2. The van der Waals surface area contributed by atoms with E-state index in [0.29, 0.717) is 40.1 Å². The van der Waals surface area contributed by atoms with Gasteiger partial charge in [-0.1, -0.05) is 12.1 Å². The van der Waals surface area contributed by atoms with Gasteiger partial charge in [-0.05, 0) is 103 Å². The minimum atomic E-state index is -4.84. The lowest BCUT2D eigenvalue weighted by molar-refractivity contribution is 0.102. The van der Waals surface area contributed by atoms with Crippen molar-refractivity contribution in [2.75, 3.05) is 11.1 Å². The van der Waals surface area contributed by atoms with Crippen molar-refractivity contribution in [2.45, 2.75) is 16.7 Å². The SMILES string of the molecule is Cc1ccc(NC(=O)c2ccc(N)cc2)cc1N=Nc1ccc(N=Nc2ccc3cc(S(=O)(=O)O)cc(S(=O)(=O)O)c3c2)cc1. The summed E-state index contributed by atoms with van der Waals surface area (Å²) in [5.41, 5.74) is 9.82. The lowest BCUT2D eigenvalue weighted by Gasteiger charge is -2.08. The van der Waals surface area contributed by atoms with Crippen LogP contribution in [0, 0.1) is 6.92 Å². The van der Waals surface area contributed by atoms with Crippen molar-refractivity contribution >= 4 is 71.0 Å². The molecule has 0 aliphatic heterocycles. The molecule has 0 radical (unpaired) electrons. The van der Waals surface area contributed by atoms with Gasteiger partial charge in [-0.3, -0.25) is 13.9 Å². The summed E-state index contributed by atoms with van der Waals surface area (Å²) in [4.78, 5) is 11.2. The number of azo groups is 2. The quantitative estimate of drug-likeness (QED) is 0.0761. The van der Waals surface area contributed by atoms with E-state index >= 15 is 0 Å². The molecule has 5 rings (SSSR count). The predicted molar refractivity (Wildman–Crippen MR) is 168 cm³/mol. The molecule has 45 heavy (non-hydrogen) atoms. The van der Waals surface area contributed by atoms with E-state index in [0.717, 1.165) is 11.6 Å². The molecule has 0 aliphatic carbocycles. The lowest BCUT2D eigenvalue weighted by atomic mass is 10.1. The second-order valence-electron chi connectivity index (χ2n) is 9.77. The second kappa shape index (κ2) is 12.3. The van der Waals surface area contributed by atoms with Crippen LogP contribution < -0.4 is 11.1 Å². The normalized spacial score (nSPS) is 12.2. The molecule has 5 N–H and O–H groups in total. The van der Waals surface area contributed by atoms with Crippen molar-refractivity contribution in [3.05, 3.63) is 108 Å². The zero-order chi connectivity index (χ0) is 32.4. The van der Waals surface area contributed by atoms with Crippen LogP contribution in [0.3, 0.4) is 0 Å². The van der Waals surface area contributed by atoms with E-state index in [4.69, 9.17) is 5.73 Å². The summed E-state index contributed by atoms with van der Waals surface area (Å²) in [6, 6.07) is 24.3. The van der Waals surface area contributed by atoms with Gasteiger partial charge in [0, 0.05) is 22.3 Å². The first-order valence-electron chi connectivity index (χ1n) is 13.0. The van der Waals surface area contributed by atoms with Gasteiger partial charge in [0.2, 0.25) is 0 Å². The summed E-state index contributed by atoms with van der Waals surface area (Å²) in [6.07, 6.45) is 0. The Morgan fingerprint density at radius 1 is 0.689 bits per heavy atom. The van der Waals surface area contributed by atoms with Gasteiger partial charge in [0.05, 0.1) is 27.6 Å². The van der Waals surface area contributed by atoms with Crippen LogP contribution in [0.1, 0.15) is 15.9 Å². The number of carbonyl (C=O) groups excluding carboxylic acids is 1. The molecule has 228 valence electrons. The first kappa shape index (κ1) is 31.1. The fraction of sp³-hybridized carbons (Fsp3) is 0.0333. The van der Waals surface area contributed by atoms with Gasteiger partial charge in [-0.15, -0.1) is 0 Å². The van der Waals surface area contributed by atoms with Crippen LogP contribution in [0.2, 0.25) is 0 Å². The van der Waals surface area contributed by atoms with Gasteiger partial charge in [0.15, 0.2) is 0 Å². The molecule has 5 aromatic carbocycles. The number of nitrogens with zero attached hydrogens (tertiary/aromatic N) is 4. The van der Waals surface area contributed by atoms with Crippen LogP contribution >= 0.6 is 0 Å². The fourth-order valence-electron chi connectivity index (χ4n) is 4.16. The number of nitrogens with one attached hydrogen (secondary N) is 1. The molecule has 13 nitrogen and oxygen atoms in total. The van der Waals surface area contributed by atoms with E-state index in [2.05, 4.69) is 25.8 Å². The molecule has 0 saturated heterocycles. The standard InChI is InChI=1S/C30H24N6O7S2/c1-18-2-8-24(32-30(37)19-3-6-21(31)7-4-19)16-28(18)36-34-23-12-10-22(11-13-23)33-35-25-9-5-20-14-26(44(38,39)40)17-29(27(20)15-25)45(41,42)43/h2-17H,31H2,1H3,(H,32,37)(H,38,39,40)(H,41,42,43). The van der Waals surface area contributed by atoms with Crippen molar-refractivity contribution in [3.8, 4) is 0 Å². The maximum atomic E-state index is 12.5. The third-order valence-electron chi connectivity index (χ3n) is 6.49. The molecule has 0 spiro atoms. The number of anilines is 2. The Balaban J connectivity index is 1.31. The van der Waals surface area contributed by atoms with Gasteiger partial charge in [0.25, 0.3) is 26.1 Å². The van der Waals surface area contributed by atoms with E-state index in [1.165, 1.54) is 18.2 Å². The molecule has 0 fully saturated rings. The summed E-state index contributed by atoms with van der Waals surface area (Å²) in [5.74, 6) is -0.291. The zero-order valence-corrected chi connectivity index (χ0v) is 25.0. The summed E-state index contributed by atoms with van der Waals surface area (Å²) in [6.45, 7) is 1.86. The Morgan fingerprint density at radius 2 is 1.29 bits per heavy atom. The fourth-order valence-corrected chi connectivity index (χ4v) is 5.50. The van der Waals surface area contributed by atoms with Gasteiger partial charge < -0.3 is 11.1 Å². The van der Waals surface area contributed by atoms with Crippen LogP contribution in [0.15, 0.2) is 127 Å². The molecule has 15 heteroatoms. The maximum absolute atomic E-state index is 12.5. The van der Waals surface area contributed by atoms with Crippen LogP contribution in [-0.2, 0) is 20.2 Å². The molecule has 1 amide bonds. The highest BCUT2D eigenvalue weighted by molar-refractivity contribution is 7.86. The lowest BCUT2D eigenvalue weighted by Crippen LogP contribution is -2.11. The first-order valence-corrected chi connectivity index (χ1v) is 15.9. The van der Waals surface area contributed by atoms with E-state index < -0.39 is 30.0 Å². The van der Waals surface area contributed by atoms with Gasteiger partial charge in [0.1, 0.15) is 4.90 Å². The molecule has 0 heterocycles. The van der Waals surface area contributed by atoms with E-state index in [1.54, 1.807) is 60.7 Å². The average Bonchev–Trinajstić information content (AvgIpc) is 2.99. The number of benzene rings is 5. The summed E-state index contributed by atoms with van der Waals surface area (Å²) in [7, 11) is -9.57. The van der Waals surface area contributed by atoms with Crippen molar-refractivity contribution in [1.29, 1.82) is 0 Å². The number of amides is 1. The minimum absolute atomic E-state index is 0.0127. The topological polar surface area (TPSA) is 213 Å². The number of nitrogens with two attached hydrogens (primary N) is 1. The molecule has 0 aromatic heterocycles. The first-order chi connectivity index (χ1) is 21.3. The Morgan fingerprint density at radius 3 is 1.91 bits per heavy atom. The summed E-state index contributed by atoms with van der Waals surface area (Å²) < 4.78 is 65.9. The summed E-state index contributed by atoms with van der Waals surface area (Å²) in [5, 5.41) is 19.8. The number of hydrogen-bond acceptors (Lipinski definition) is 10. The molecule has 5 aromatic rings. The largest absolute Gasteiger partial charge is 0.399 e. The minimum Gasteiger partial charge on any atom is -0.399 e. The second-order valence-corrected chi connectivity index (χ2v) is 12.6. The molecule has 0 unspecified atom stereocenters. The molecule has 0 saturated carbocycles. The number of nitrogen functional groups attached to an aromatic ring is 1. The van der Waals surface area contributed by atoms with Crippen LogP contribution in [-0.4, -0.2) is 31.8 Å². The number of aryl methyl sites for hydroxylation is 1. The van der Waals surface area contributed by atoms with Crippen molar-refractivity contribution < 1.29 is 30.7 Å². The van der Waals surface area contributed by atoms with Crippen molar-refractivity contribution in [1.82, 2.24) is 0 Å². The van der Waals surface area contributed by atoms with Gasteiger partial charge >= 0.3 is 0 Å². The van der Waals surface area contributed by atoms with E-state index in [1.807, 2.05) is 13.0 Å².